The topological polar surface area (TPSA) is 127 Å². The summed E-state index contributed by atoms with van der Waals surface area (Å²) in [7, 11) is 0. The van der Waals surface area contributed by atoms with Gasteiger partial charge >= 0.3 is 5.97 Å². The fourth-order valence-corrected chi connectivity index (χ4v) is 5.10. The Morgan fingerprint density at radius 2 is 1.95 bits per heavy atom. The van der Waals surface area contributed by atoms with Gasteiger partial charge in [0.15, 0.2) is 17.2 Å². The molecule has 2 aliphatic rings. The number of aromatic nitrogens is 5. The van der Waals surface area contributed by atoms with Crippen molar-refractivity contribution >= 4 is 22.7 Å². The monoisotopic (exact) mass is 556 g/mol. The third-order valence-corrected chi connectivity index (χ3v) is 7.56. The lowest BCUT2D eigenvalue weighted by molar-refractivity contribution is 0.0691. The van der Waals surface area contributed by atoms with Crippen molar-refractivity contribution in [2.45, 2.75) is 51.7 Å². The van der Waals surface area contributed by atoms with Crippen LogP contribution in [-0.4, -0.2) is 35.6 Å². The third-order valence-electron chi connectivity index (χ3n) is 7.56. The van der Waals surface area contributed by atoms with Crippen LogP contribution in [0.25, 0.3) is 16.7 Å². The minimum Gasteiger partial charge on any atom is -0.477 e. The summed E-state index contributed by atoms with van der Waals surface area (Å²) in [5.41, 5.74) is 2.59. The molecule has 0 saturated heterocycles. The maximum absolute atomic E-state index is 14.4. The summed E-state index contributed by atoms with van der Waals surface area (Å²) in [6.07, 6.45) is 8.42. The number of carboxylic acids is 1. The summed E-state index contributed by atoms with van der Waals surface area (Å²) < 4.78 is 36.2. The molecule has 1 fully saturated rings. The quantitative estimate of drug-likeness (QED) is 0.287. The van der Waals surface area contributed by atoms with E-state index in [0.29, 0.717) is 35.2 Å². The van der Waals surface area contributed by atoms with Gasteiger partial charge in [-0.3, -0.25) is 0 Å². The number of nitriles is 1. The van der Waals surface area contributed by atoms with E-state index in [1.807, 2.05) is 6.07 Å². The maximum Gasteiger partial charge on any atom is 0.354 e. The number of carbonyl (C=O) groups is 1. The van der Waals surface area contributed by atoms with Crippen LogP contribution < -0.4 is 4.74 Å². The molecule has 1 atom stereocenters. The lowest BCUT2D eigenvalue weighted by Crippen LogP contribution is -2.15. The van der Waals surface area contributed by atoms with Gasteiger partial charge in [0.1, 0.15) is 23.8 Å². The molecule has 41 heavy (non-hydrogen) atoms. The summed E-state index contributed by atoms with van der Waals surface area (Å²) >= 11 is 0. The first-order chi connectivity index (χ1) is 19.9. The number of allylic oxidation sites excluding steroid dienone is 2. The van der Waals surface area contributed by atoms with Crippen LogP contribution in [0, 0.1) is 34.8 Å². The predicted molar refractivity (Wildman–Crippen MR) is 144 cm³/mol. The van der Waals surface area contributed by atoms with E-state index >= 15 is 0 Å². The standard InChI is InChI=1S/C30H26F2N6O3/c31-22-11-19(13-33)5-8-21(22)16-41-29-23(32)14-34-27(37-29)20-6-3-17(4-7-20)12-26-35-24-9-10-25(30(39)40)36-28(24)38(26)15-18-1-2-18/h5-6,8-11,14,17-18H,1-4,7,12,15-16H2,(H,39,40). The van der Waals surface area contributed by atoms with Gasteiger partial charge in [-0.15, -0.1) is 0 Å². The van der Waals surface area contributed by atoms with Crippen LogP contribution in [0.15, 0.2) is 42.6 Å². The number of carboxylic acid groups (broad SMARTS) is 1. The summed E-state index contributed by atoms with van der Waals surface area (Å²) in [6.45, 7) is 0.547. The molecule has 3 heterocycles. The van der Waals surface area contributed by atoms with Crippen LogP contribution in [0.4, 0.5) is 8.78 Å². The third kappa shape index (κ3) is 5.77. The van der Waals surface area contributed by atoms with Gasteiger partial charge in [-0.1, -0.05) is 12.1 Å². The van der Waals surface area contributed by atoms with Crippen LogP contribution in [0.1, 0.15) is 65.4 Å². The number of aromatic carboxylic acids is 1. The van der Waals surface area contributed by atoms with Crippen molar-refractivity contribution in [3.8, 4) is 11.9 Å². The summed E-state index contributed by atoms with van der Waals surface area (Å²) in [4.78, 5) is 29.1. The van der Waals surface area contributed by atoms with Crippen molar-refractivity contribution in [3.05, 3.63) is 82.7 Å². The van der Waals surface area contributed by atoms with E-state index in [1.165, 1.54) is 18.2 Å². The Hall–Kier alpha value is -4.72. The summed E-state index contributed by atoms with van der Waals surface area (Å²) in [6, 6.07) is 9.08. The number of ether oxygens (including phenoxy) is 1. The molecular formula is C30H26F2N6O3. The van der Waals surface area contributed by atoms with E-state index in [-0.39, 0.29) is 29.3 Å². The normalized spacial score (nSPS) is 16.8. The van der Waals surface area contributed by atoms with Crippen molar-refractivity contribution in [2.75, 3.05) is 0 Å². The van der Waals surface area contributed by atoms with E-state index in [1.54, 1.807) is 6.07 Å². The fourth-order valence-electron chi connectivity index (χ4n) is 5.10. The van der Waals surface area contributed by atoms with Gasteiger partial charge in [0.25, 0.3) is 5.88 Å². The molecule has 0 bridgehead atoms. The second-order valence-corrected chi connectivity index (χ2v) is 10.6. The number of fused-ring (bicyclic) bond motifs is 1. The second kappa shape index (κ2) is 11.0. The van der Waals surface area contributed by atoms with E-state index in [9.17, 15) is 18.7 Å². The van der Waals surface area contributed by atoms with Crippen LogP contribution in [0.5, 0.6) is 5.88 Å². The highest BCUT2D eigenvalue weighted by atomic mass is 19.1. The number of benzene rings is 1. The largest absolute Gasteiger partial charge is 0.477 e. The SMILES string of the molecule is N#Cc1ccc(COc2nc(C3=CCC(Cc4nc5ccc(C(=O)O)nc5n4CC4CC4)CC3)ncc2F)c(F)c1. The zero-order chi connectivity index (χ0) is 28.5. The highest BCUT2D eigenvalue weighted by molar-refractivity contribution is 5.88. The van der Waals surface area contributed by atoms with E-state index < -0.39 is 17.6 Å². The van der Waals surface area contributed by atoms with Gasteiger partial charge in [-0.25, -0.2) is 24.1 Å². The highest BCUT2D eigenvalue weighted by Crippen LogP contribution is 2.35. The van der Waals surface area contributed by atoms with Crippen molar-refractivity contribution in [2.24, 2.45) is 11.8 Å². The number of hydrogen-bond donors (Lipinski definition) is 1. The van der Waals surface area contributed by atoms with Crippen LogP contribution in [0.3, 0.4) is 0 Å². The molecule has 1 aromatic carbocycles. The molecule has 1 saturated carbocycles. The van der Waals surface area contributed by atoms with Crippen molar-refractivity contribution in [1.29, 1.82) is 5.26 Å². The Morgan fingerprint density at radius 3 is 2.66 bits per heavy atom. The van der Waals surface area contributed by atoms with Gasteiger partial charge in [-0.2, -0.15) is 14.6 Å². The second-order valence-electron chi connectivity index (χ2n) is 10.6. The summed E-state index contributed by atoms with van der Waals surface area (Å²) in [5, 5.41) is 18.3. The Kier molecular flexibility index (Phi) is 7.14. The van der Waals surface area contributed by atoms with E-state index in [0.717, 1.165) is 62.3 Å². The Labute approximate surface area is 234 Å². The molecule has 0 radical (unpaired) electrons. The van der Waals surface area contributed by atoms with Crippen molar-refractivity contribution in [3.63, 3.8) is 0 Å². The molecule has 2 aliphatic carbocycles. The number of halogens is 2. The number of nitrogens with zero attached hydrogens (tertiary/aromatic N) is 6. The Bertz CT molecular complexity index is 1720. The van der Waals surface area contributed by atoms with Gasteiger partial charge in [0, 0.05) is 18.5 Å². The molecule has 4 aromatic rings. The molecule has 3 aromatic heterocycles. The molecule has 6 rings (SSSR count). The van der Waals surface area contributed by atoms with Gasteiger partial charge < -0.3 is 14.4 Å². The number of imidazole rings is 1. The van der Waals surface area contributed by atoms with Crippen molar-refractivity contribution < 1.29 is 23.4 Å². The fraction of sp³-hybridized carbons (Fsp3) is 0.333. The van der Waals surface area contributed by atoms with Crippen LogP contribution in [-0.2, 0) is 19.6 Å². The number of pyridine rings is 1. The summed E-state index contributed by atoms with van der Waals surface area (Å²) in [5.74, 6) is -0.518. The molecule has 9 nitrogen and oxygen atoms in total. The first kappa shape index (κ1) is 26.5. The Balaban J connectivity index is 1.16. The molecular weight excluding hydrogens is 530 g/mol. The minimum absolute atomic E-state index is 0.0101. The maximum atomic E-state index is 14.4. The molecule has 11 heteroatoms. The minimum atomic E-state index is -1.06. The highest BCUT2D eigenvalue weighted by Gasteiger charge is 2.27. The van der Waals surface area contributed by atoms with Crippen molar-refractivity contribution in [1.82, 2.24) is 24.5 Å². The lowest BCUT2D eigenvalue weighted by Gasteiger charge is -2.21. The smallest absolute Gasteiger partial charge is 0.354 e. The predicted octanol–water partition coefficient (Wildman–Crippen LogP) is 5.48. The zero-order valence-electron chi connectivity index (χ0n) is 22.1. The van der Waals surface area contributed by atoms with E-state index in [2.05, 4.69) is 25.6 Å². The lowest BCUT2D eigenvalue weighted by atomic mass is 9.87. The molecule has 1 unspecified atom stereocenters. The van der Waals surface area contributed by atoms with E-state index in [4.69, 9.17) is 15.0 Å². The first-order valence-corrected chi connectivity index (χ1v) is 13.5. The molecule has 1 N–H and O–H groups in total. The molecule has 0 aliphatic heterocycles. The molecule has 0 amide bonds. The Morgan fingerprint density at radius 1 is 1.10 bits per heavy atom. The number of rotatable bonds is 9. The van der Waals surface area contributed by atoms with Gasteiger partial charge in [0.2, 0.25) is 5.82 Å². The number of hydrogen-bond acceptors (Lipinski definition) is 7. The first-order valence-electron chi connectivity index (χ1n) is 13.5. The molecule has 208 valence electrons. The average molecular weight is 557 g/mol. The molecule has 0 spiro atoms. The van der Waals surface area contributed by atoms with Crippen LogP contribution >= 0.6 is 0 Å². The average Bonchev–Trinajstić information content (AvgIpc) is 3.74. The van der Waals surface area contributed by atoms with Gasteiger partial charge in [0.05, 0.1) is 17.8 Å². The van der Waals surface area contributed by atoms with Crippen LogP contribution in [0.2, 0.25) is 0 Å². The zero-order valence-corrected chi connectivity index (χ0v) is 22.1. The van der Waals surface area contributed by atoms with Gasteiger partial charge in [-0.05, 0) is 73.8 Å².